The van der Waals surface area contributed by atoms with Crippen LogP contribution >= 0.6 is 0 Å². The summed E-state index contributed by atoms with van der Waals surface area (Å²) in [6, 6.07) is 11.0. The van der Waals surface area contributed by atoms with E-state index in [9.17, 15) is 0 Å². The molecule has 88 valence electrons. The van der Waals surface area contributed by atoms with E-state index in [1.165, 1.54) is 27.5 Å². The molecule has 0 spiro atoms. The number of hydrogen-bond donors (Lipinski definition) is 0. The molecule has 0 unspecified atom stereocenters. The molecule has 0 aliphatic carbocycles. The Morgan fingerprint density at radius 2 is 1.88 bits per heavy atom. The van der Waals surface area contributed by atoms with E-state index in [4.69, 9.17) is 0 Å². The van der Waals surface area contributed by atoms with Crippen LogP contribution in [0.4, 0.5) is 0 Å². The summed E-state index contributed by atoms with van der Waals surface area (Å²) in [6.45, 7) is 6.65. The number of fused-ring (bicyclic) bond motifs is 1. The molecule has 0 saturated heterocycles. The lowest BCUT2D eigenvalue weighted by Gasteiger charge is -2.12. The molecule has 0 fully saturated rings. The van der Waals surface area contributed by atoms with Crippen molar-refractivity contribution in [3.8, 4) is 0 Å². The number of benzene rings is 2. The zero-order valence-electron chi connectivity index (χ0n) is 11.0. The zero-order chi connectivity index (χ0) is 12.3. The van der Waals surface area contributed by atoms with Crippen LogP contribution in [0.5, 0.6) is 0 Å². The van der Waals surface area contributed by atoms with Crippen LogP contribution in [0, 0.1) is 6.92 Å². The summed E-state index contributed by atoms with van der Waals surface area (Å²) in [4.78, 5) is 0. The Bertz CT molecular complexity index is 547. The minimum Gasteiger partial charge on any atom is -0.0842 e. The van der Waals surface area contributed by atoms with Crippen molar-refractivity contribution in [1.29, 1.82) is 0 Å². The Hall–Kier alpha value is -1.56. The summed E-state index contributed by atoms with van der Waals surface area (Å²) in [7, 11) is 0. The fraction of sp³-hybridized carbons (Fsp3) is 0.294. The molecule has 0 nitrogen and oxygen atoms in total. The average molecular weight is 224 g/mol. The van der Waals surface area contributed by atoms with Gasteiger partial charge >= 0.3 is 0 Å². The highest BCUT2D eigenvalue weighted by atomic mass is 14.1. The maximum Gasteiger partial charge on any atom is -0.0149 e. The van der Waals surface area contributed by atoms with E-state index in [2.05, 4.69) is 63.3 Å². The van der Waals surface area contributed by atoms with Crippen molar-refractivity contribution in [3.63, 3.8) is 0 Å². The molecule has 0 N–H and O–H groups in total. The Balaban J connectivity index is 2.71. The first-order valence-electron chi connectivity index (χ1n) is 6.45. The summed E-state index contributed by atoms with van der Waals surface area (Å²) in [6.07, 6.45) is 6.67. The van der Waals surface area contributed by atoms with Crippen molar-refractivity contribution >= 4 is 16.8 Å². The van der Waals surface area contributed by atoms with Crippen molar-refractivity contribution < 1.29 is 0 Å². The molecule has 0 bridgehead atoms. The number of allylic oxidation sites excluding steroid dienone is 1. The van der Waals surface area contributed by atoms with Crippen molar-refractivity contribution in [2.45, 2.75) is 33.6 Å². The van der Waals surface area contributed by atoms with Gasteiger partial charge in [0.1, 0.15) is 0 Å². The van der Waals surface area contributed by atoms with Gasteiger partial charge in [-0.25, -0.2) is 0 Å². The first kappa shape index (κ1) is 11.9. The summed E-state index contributed by atoms with van der Waals surface area (Å²) in [5.74, 6) is 0. The molecular weight excluding hydrogens is 204 g/mol. The van der Waals surface area contributed by atoms with Gasteiger partial charge in [-0.1, -0.05) is 50.3 Å². The molecule has 0 aliphatic rings. The lowest BCUT2D eigenvalue weighted by Crippen LogP contribution is -1.92. The molecule has 0 heteroatoms. The molecule has 0 saturated carbocycles. The molecule has 0 aromatic heterocycles. The second-order valence-corrected chi connectivity index (χ2v) is 4.45. The monoisotopic (exact) mass is 224 g/mol. The molecule has 0 heterocycles. The minimum absolute atomic E-state index is 1.09. The highest BCUT2D eigenvalue weighted by Gasteiger charge is 2.06. The van der Waals surface area contributed by atoms with Gasteiger partial charge in [-0.3, -0.25) is 0 Å². The van der Waals surface area contributed by atoms with Crippen LogP contribution in [-0.4, -0.2) is 0 Å². The summed E-state index contributed by atoms with van der Waals surface area (Å²) < 4.78 is 0. The minimum atomic E-state index is 1.09. The molecule has 2 rings (SSSR count). The van der Waals surface area contributed by atoms with Crippen molar-refractivity contribution in [1.82, 2.24) is 0 Å². The van der Waals surface area contributed by atoms with Gasteiger partial charge in [-0.2, -0.15) is 0 Å². The Kier molecular flexibility index (Phi) is 3.63. The molecule has 2 aromatic carbocycles. The zero-order valence-corrected chi connectivity index (χ0v) is 11.0. The van der Waals surface area contributed by atoms with Crippen molar-refractivity contribution in [3.05, 3.63) is 53.1 Å². The van der Waals surface area contributed by atoms with E-state index < -0.39 is 0 Å². The van der Waals surface area contributed by atoms with E-state index in [1.54, 1.807) is 0 Å². The van der Waals surface area contributed by atoms with Crippen LogP contribution in [-0.2, 0) is 6.42 Å². The van der Waals surface area contributed by atoms with E-state index >= 15 is 0 Å². The normalized spacial score (nSPS) is 11.5. The maximum atomic E-state index is 2.30. The maximum absolute atomic E-state index is 2.30. The fourth-order valence-electron chi connectivity index (χ4n) is 2.42. The number of hydrogen-bond acceptors (Lipinski definition) is 0. The second-order valence-electron chi connectivity index (χ2n) is 4.45. The lowest BCUT2D eigenvalue weighted by atomic mass is 9.93. The van der Waals surface area contributed by atoms with Crippen LogP contribution < -0.4 is 0 Å². The quantitative estimate of drug-likeness (QED) is 0.677. The molecule has 0 radical (unpaired) electrons. The van der Waals surface area contributed by atoms with Gasteiger partial charge < -0.3 is 0 Å². The molecule has 0 atom stereocenters. The largest absolute Gasteiger partial charge is 0.0842 e. The Morgan fingerprint density at radius 3 is 2.59 bits per heavy atom. The Labute approximate surface area is 104 Å². The van der Waals surface area contributed by atoms with Gasteiger partial charge in [0, 0.05) is 0 Å². The molecule has 0 amide bonds. The van der Waals surface area contributed by atoms with Crippen LogP contribution in [0.3, 0.4) is 0 Å². The highest BCUT2D eigenvalue weighted by Crippen LogP contribution is 2.27. The van der Waals surface area contributed by atoms with E-state index in [0.29, 0.717) is 0 Å². The first-order valence-corrected chi connectivity index (χ1v) is 6.45. The summed E-state index contributed by atoms with van der Waals surface area (Å²) >= 11 is 0. The molecule has 2 aromatic rings. The van der Waals surface area contributed by atoms with E-state index in [-0.39, 0.29) is 0 Å². The molecular formula is C17H20. The van der Waals surface area contributed by atoms with Gasteiger partial charge in [0.15, 0.2) is 0 Å². The van der Waals surface area contributed by atoms with Crippen LogP contribution in [0.1, 0.15) is 37.0 Å². The first-order chi connectivity index (χ1) is 8.27. The standard InChI is InChI=1S/C17H20/c1-4-6-9-14-12-15-10-7-8-11-17(15)16(5-2)13(14)3/h6-12H,4-5H2,1-3H3. The fourth-order valence-corrected chi connectivity index (χ4v) is 2.42. The van der Waals surface area contributed by atoms with Gasteiger partial charge in [-0.05, 0) is 53.3 Å². The van der Waals surface area contributed by atoms with Gasteiger partial charge in [0.25, 0.3) is 0 Å². The van der Waals surface area contributed by atoms with Crippen molar-refractivity contribution in [2.24, 2.45) is 0 Å². The van der Waals surface area contributed by atoms with Crippen molar-refractivity contribution in [2.75, 3.05) is 0 Å². The summed E-state index contributed by atoms with van der Waals surface area (Å²) in [5.41, 5.74) is 4.28. The van der Waals surface area contributed by atoms with Gasteiger partial charge in [0.05, 0.1) is 0 Å². The van der Waals surface area contributed by atoms with Crippen LogP contribution in [0.2, 0.25) is 0 Å². The van der Waals surface area contributed by atoms with E-state index in [0.717, 1.165) is 12.8 Å². The lowest BCUT2D eigenvalue weighted by molar-refractivity contribution is 1.13. The van der Waals surface area contributed by atoms with Gasteiger partial charge in [0.2, 0.25) is 0 Å². The number of rotatable bonds is 3. The molecule has 17 heavy (non-hydrogen) atoms. The SMILES string of the molecule is CCC=Cc1cc2ccccc2c(CC)c1C. The topological polar surface area (TPSA) is 0 Å². The second kappa shape index (κ2) is 5.18. The number of aryl methyl sites for hydroxylation is 1. The molecule has 0 aliphatic heterocycles. The predicted octanol–water partition coefficient (Wildman–Crippen LogP) is 5.13. The third kappa shape index (κ3) is 2.26. The van der Waals surface area contributed by atoms with Crippen LogP contribution in [0.25, 0.3) is 16.8 Å². The predicted molar refractivity (Wildman–Crippen MR) is 77.4 cm³/mol. The third-order valence-corrected chi connectivity index (χ3v) is 3.37. The summed E-state index contributed by atoms with van der Waals surface area (Å²) in [5, 5.41) is 2.76. The van der Waals surface area contributed by atoms with Gasteiger partial charge in [-0.15, -0.1) is 0 Å². The third-order valence-electron chi connectivity index (χ3n) is 3.37. The smallest absolute Gasteiger partial charge is 0.0149 e. The van der Waals surface area contributed by atoms with Crippen LogP contribution in [0.15, 0.2) is 36.4 Å². The average Bonchev–Trinajstić information content (AvgIpc) is 2.36. The highest BCUT2D eigenvalue weighted by molar-refractivity contribution is 5.89. The van der Waals surface area contributed by atoms with E-state index in [1.807, 2.05) is 0 Å². The Morgan fingerprint density at radius 1 is 1.12 bits per heavy atom.